The summed E-state index contributed by atoms with van der Waals surface area (Å²) in [5, 5.41) is 13.6. The van der Waals surface area contributed by atoms with E-state index >= 15 is 0 Å². The Morgan fingerprint density at radius 3 is 2.68 bits per heavy atom. The molecule has 2 aromatic heterocycles. The molecule has 0 amide bonds. The van der Waals surface area contributed by atoms with Crippen LogP contribution in [-0.2, 0) is 6.18 Å². The van der Waals surface area contributed by atoms with Gasteiger partial charge in [0.1, 0.15) is 35.0 Å². The van der Waals surface area contributed by atoms with Gasteiger partial charge in [-0.05, 0) is 51.1 Å². The summed E-state index contributed by atoms with van der Waals surface area (Å²) in [7, 11) is 0. The van der Waals surface area contributed by atoms with E-state index in [0.29, 0.717) is 21.8 Å². The highest BCUT2D eigenvalue weighted by Gasteiger charge is 2.35. The third-order valence-corrected chi connectivity index (χ3v) is 7.34. The second kappa shape index (κ2) is 10.1. The third kappa shape index (κ3) is 5.28. The minimum absolute atomic E-state index is 0.0130. The van der Waals surface area contributed by atoms with Crippen LogP contribution in [0.3, 0.4) is 0 Å². The van der Waals surface area contributed by atoms with Gasteiger partial charge in [-0.25, -0.2) is 9.78 Å². The molecule has 0 bridgehead atoms. The summed E-state index contributed by atoms with van der Waals surface area (Å²) >= 11 is 0.956. The molecule has 1 fully saturated rings. The number of ether oxygens (including phenoxy) is 2. The Morgan fingerprint density at radius 2 is 1.95 bits per heavy atom. The summed E-state index contributed by atoms with van der Waals surface area (Å²) in [6.07, 6.45) is -2.11. The molecule has 2 N–H and O–H groups in total. The fourth-order valence-electron chi connectivity index (χ4n) is 4.42. The van der Waals surface area contributed by atoms with Crippen molar-refractivity contribution in [2.24, 2.45) is 0 Å². The largest absolute Gasteiger partial charge is 0.490 e. The quantitative estimate of drug-likeness (QED) is 0.301. The second-order valence-electron chi connectivity index (χ2n) is 8.76. The van der Waals surface area contributed by atoms with Gasteiger partial charge in [-0.3, -0.25) is 4.57 Å². The first-order chi connectivity index (χ1) is 17.7. The van der Waals surface area contributed by atoms with E-state index in [2.05, 4.69) is 10.3 Å². The molecule has 0 radical (unpaired) electrons. The number of hydrogen-bond acceptors (Lipinski definition) is 6. The van der Waals surface area contributed by atoms with Crippen molar-refractivity contribution >= 4 is 28.3 Å². The van der Waals surface area contributed by atoms with Gasteiger partial charge in [0.15, 0.2) is 4.88 Å². The number of nitrogens with zero attached hydrogens (tertiary/aromatic N) is 2. The molecule has 7 nitrogen and oxygen atoms in total. The van der Waals surface area contributed by atoms with Gasteiger partial charge in [0.2, 0.25) is 0 Å². The number of piperidine rings is 1. The summed E-state index contributed by atoms with van der Waals surface area (Å²) in [5.41, 5.74) is 0.507. The number of benzene rings is 2. The SMILES string of the molecule is C[C@@H](Oc1cc(-n2cnc3ccc(OC4CCNCC4)cc32)sc1C(=O)O)c1ccccc1C(F)(F)F. The van der Waals surface area contributed by atoms with Crippen LogP contribution in [0.15, 0.2) is 54.9 Å². The fraction of sp³-hybridized carbons (Fsp3) is 0.308. The van der Waals surface area contributed by atoms with Crippen LogP contribution in [-0.4, -0.2) is 39.8 Å². The molecule has 11 heteroatoms. The number of carbonyl (C=O) groups is 1. The molecular formula is C26H24F3N3O4S. The highest BCUT2D eigenvalue weighted by atomic mass is 32.1. The van der Waals surface area contributed by atoms with Crippen molar-refractivity contribution < 1.29 is 32.5 Å². The third-order valence-electron chi connectivity index (χ3n) is 6.23. The number of imidazole rings is 1. The molecule has 2 aromatic carbocycles. The molecule has 0 unspecified atom stereocenters. The van der Waals surface area contributed by atoms with Gasteiger partial charge in [-0.2, -0.15) is 13.2 Å². The maximum atomic E-state index is 13.5. The highest BCUT2D eigenvalue weighted by molar-refractivity contribution is 7.16. The van der Waals surface area contributed by atoms with E-state index in [1.54, 1.807) is 10.9 Å². The molecule has 0 aliphatic carbocycles. The molecule has 1 aliphatic heterocycles. The standard InChI is InChI=1S/C26H24F3N3O4S/c1-15(18-4-2-3-5-19(18)26(27,28)29)35-22-13-23(37-24(22)25(33)34)32-14-31-20-7-6-17(12-21(20)32)36-16-8-10-30-11-9-16/h2-7,12-16,30H,8-11H2,1H3,(H,33,34)/t15-/m1/s1. The van der Waals surface area contributed by atoms with Gasteiger partial charge in [0.05, 0.1) is 16.6 Å². The van der Waals surface area contributed by atoms with Gasteiger partial charge < -0.3 is 19.9 Å². The Bertz CT molecular complexity index is 1430. The first-order valence-electron chi connectivity index (χ1n) is 11.8. The monoisotopic (exact) mass is 531 g/mol. The lowest BCUT2D eigenvalue weighted by molar-refractivity contribution is -0.139. The predicted molar refractivity (Wildman–Crippen MR) is 133 cm³/mol. The Balaban J connectivity index is 1.46. The molecule has 37 heavy (non-hydrogen) atoms. The number of carboxylic acid groups (broad SMARTS) is 1. The first-order valence-corrected chi connectivity index (χ1v) is 12.6. The normalized spacial score (nSPS) is 15.6. The summed E-state index contributed by atoms with van der Waals surface area (Å²) in [4.78, 5) is 16.3. The Hall–Kier alpha value is -3.57. The van der Waals surface area contributed by atoms with Crippen molar-refractivity contribution in [1.29, 1.82) is 0 Å². The average molecular weight is 532 g/mol. The van der Waals surface area contributed by atoms with Gasteiger partial charge >= 0.3 is 12.1 Å². The van der Waals surface area contributed by atoms with Crippen LogP contribution >= 0.6 is 11.3 Å². The Morgan fingerprint density at radius 1 is 1.19 bits per heavy atom. The highest BCUT2D eigenvalue weighted by Crippen LogP contribution is 2.39. The van der Waals surface area contributed by atoms with Crippen molar-refractivity contribution in [3.63, 3.8) is 0 Å². The van der Waals surface area contributed by atoms with Crippen LogP contribution in [0.4, 0.5) is 13.2 Å². The van der Waals surface area contributed by atoms with E-state index in [9.17, 15) is 23.1 Å². The first kappa shape index (κ1) is 25.1. The predicted octanol–water partition coefficient (Wildman–Crippen LogP) is 6.07. The smallest absolute Gasteiger partial charge is 0.416 e. The van der Waals surface area contributed by atoms with E-state index in [1.165, 1.54) is 31.2 Å². The summed E-state index contributed by atoms with van der Waals surface area (Å²) < 4.78 is 54.2. The molecular weight excluding hydrogens is 507 g/mol. The number of halogens is 3. The number of rotatable bonds is 7. The van der Waals surface area contributed by atoms with E-state index in [0.717, 1.165) is 43.3 Å². The van der Waals surface area contributed by atoms with E-state index < -0.39 is 23.8 Å². The van der Waals surface area contributed by atoms with Crippen molar-refractivity contribution in [2.45, 2.75) is 38.1 Å². The molecule has 1 saturated heterocycles. The molecule has 194 valence electrons. The zero-order valence-electron chi connectivity index (χ0n) is 19.8. The minimum Gasteiger partial charge on any atom is -0.490 e. The van der Waals surface area contributed by atoms with E-state index in [1.807, 2.05) is 18.2 Å². The van der Waals surface area contributed by atoms with Crippen molar-refractivity contribution in [3.8, 4) is 16.5 Å². The summed E-state index contributed by atoms with van der Waals surface area (Å²) in [6, 6.07) is 12.2. The second-order valence-corrected chi connectivity index (χ2v) is 9.79. The summed E-state index contributed by atoms with van der Waals surface area (Å²) in [5.74, 6) is -0.562. The molecule has 4 aromatic rings. The number of carboxylic acids is 1. The fourth-order valence-corrected chi connectivity index (χ4v) is 5.34. The van der Waals surface area contributed by atoms with Crippen LogP contribution in [0.5, 0.6) is 11.5 Å². The van der Waals surface area contributed by atoms with E-state index in [4.69, 9.17) is 9.47 Å². The van der Waals surface area contributed by atoms with Crippen molar-refractivity contribution in [1.82, 2.24) is 14.9 Å². The van der Waals surface area contributed by atoms with Crippen LogP contribution in [0.2, 0.25) is 0 Å². The number of hydrogen-bond donors (Lipinski definition) is 2. The molecule has 0 saturated carbocycles. The number of aromatic carboxylic acids is 1. The van der Waals surface area contributed by atoms with Gasteiger partial charge in [0.25, 0.3) is 0 Å². The number of aromatic nitrogens is 2. The number of fused-ring (bicyclic) bond motifs is 1. The topological polar surface area (TPSA) is 85.6 Å². The van der Waals surface area contributed by atoms with Gasteiger partial charge in [0, 0.05) is 17.7 Å². The van der Waals surface area contributed by atoms with Crippen molar-refractivity contribution in [3.05, 3.63) is 70.9 Å². The molecule has 0 spiro atoms. The lowest BCUT2D eigenvalue weighted by Crippen LogP contribution is -2.34. The average Bonchev–Trinajstić information content (AvgIpc) is 3.48. The number of alkyl halides is 3. The van der Waals surface area contributed by atoms with Crippen LogP contribution < -0.4 is 14.8 Å². The van der Waals surface area contributed by atoms with Crippen molar-refractivity contribution in [2.75, 3.05) is 13.1 Å². The minimum atomic E-state index is -4.56. The zero-order valence-corrected chi connectivity index (χ0v) is 20.6. The zero-order chi connectivity index (χ0) is 26.2. The molecule has 3 heterocycles. The number of thiophene rings is 1. The van der Waals surface area contributed by atoms with Crippen LogP contribution in [0, 0.1) is 0 Å². The summed E-state index contributed by atoms with van der Waals surface area (Å²) in [6.45, 7) is 3.25. The number of nitrogens with one attached hydrogen (secondary N) is 1. The molecule has 5 rings (SSSR count). The maximum absolute atomic E-state index is 13.5. The van der Waals surface area contributed by atoms with Crippen LogP contribution in [0.25, 0.3) is 16.0 Å². The van der Waals surface area contributed by atoms with Gasteiger partial charge in [-0.1, -0.05) is 18.2 Å². The van der Waals surface area contributed by atoms with E-state index in [-0.39, 0.29) is 22.3 Å². The molecule has 1 atom stereocenters. The Labute approximate surface area is 214 Å². The molecule has 1 aliphatic rings. The lowest BCUT2D eigenvalue weighted by Gasteiger charge is -2.23. The maximum Gasteiger partial charge on any atom is 0.416 e. The Kier molecular flexibility index (Phi) is 6.82. The van der Waals surface area contributed by atoms with Crippen LogP contribution in [0.1, 0.15) is 46.7 Å². The van der Waals surface area contributed by atoms with Gasteiger partial charge in [-0.15, -0.1) is 11.3 Å². The lowest BCUT2D eigenvalue weighted by atomic mass is 10.0.